The summed E-state index contributed by atoms with van der Waals surface area (Å²) in [4.78, 5) is 16.3. The molecule has 1 atom stereocenters. The predicted octanol–water partition coefficient (Wildman–Crippen LogP) is 6.84. The number of ether oxygens (including phenoxy) is 2. The van der Waals surface area contributed by atoms with Crippen LogP contribution in [0.25, 0.3) is 0 Å². The first-order valence-corrected chi connectivity index (χ1v) is 13.0. The molecule has 0 bridgehead atoms. The van der Waals surface area contributed by atoms with Crippen molar-refractivity contribution in [2.75, 3.05) is 6.61 Å². The highest BCUT2D eigenvalue weighted by Crippen LogP contribution is 2.37. The lowest BCUT2D eigenvalue weighted by atomic mass is 9.99. The third-order valence-electron chi connectivity index (χ3n) is 6.40. The van der Waals surface area contributed by atoms with Crippen LogP contribution in [0.3, 0.4) is 0 Å². The Morgan fingerprint density at radius 3 is 2.15 bits per heavy atom. The Labute approximate surface area is 200 Å². The van der Waals surface area contributed by atoms with Crippen LogP contribution >= 0.6 is 0 Å². The molecular weight excluding hydrogens is 428 g/mol. The summed E-state index contributed by atoms with van der Waals surface area (Å²) in [6, 6.07) is 26.3. The molecule has 3 aromatic rings. The van der Waals surface area contributed by atoms with Gasteiger partial charge < -0.3 is 9.47 Å². The fourth-order valence-electron chi connectivity index (χ4n) is 4.68. The number of benzene rings is 3. The molecule has 0 amide bonds. The average molecular weight is 461 g/mol. The van der Waals surface area contributed by atoms with E-state index >= 15 is 0 Å². The highest BCUT2D eigenvalue weighted by molar-refractivity contribution is 7.97. The average Bonchev–Trinajstić information content (AvgIpc) is 3.29. The van der Waals surface area contributed by atoms with Gasteiger partial charge in [-0.25, -0.2) is 4.79 Å². The molecule has 1 fully saturated rings. The molecule has 0 aliphatic heterocycles. The molecule has 0 spiro atoms. The van der Waals surface area contributed by atoms with Crippen molar-refractivity contribution in [1.29, 1.82) is 0 Å². The number of rotatable bonds is 8. The fourth-order valence-corrected chi connectivity index (χ4v) is 6.92. The lowest BCUT2D eigenvalue weighted by Gasteiger charge is -2.27. The van der Waals surface area contributed by atoms with Gasteiger partial charge >= 0.3 is 5.97 Å². The SMILES string of the molecule is CCC1(OC(=O)COc2c(C)cc([S+](c3cc[c-]cc3)c3ccccc3)cc2C)CCCC1. The Balaban J connectivity index is 1.55. The summed E-state index contributed by atoms with van der Waals surface area (Å²) in [5, 5.41) is 0. The molecule has 1 aliphatic rings. The largest absolute Gasteiger partial charge is 0.481 e. The summed E-state index contributed by atoms with van der Waals surface area (Å²) in [5.74, 6) is 0.497. The second-order valence-corrected chi connectivity index (χ2v) is 10.8. The van der Waals surface area contributed by atoms with Crippen molar-refractivity contribution in [1.82, 2.24) is 0 Å². The fraction of sp³-hybridized carbons (Fsp3) is 0.345. The van der Waals surface area contributed by atoms with Gasteiger partial charge in [-0.05, 0) is 69.2 Å². The minimum atomic E-state index is -0.286. The molecule has 1 saturated carbocycles. The smallest absolute Gasteiger partial charge is 0.344 e. The van der Waals surface area contributed by atoms with Gasteiger partial charge in [-0.15, -0.1) is 12.1 Å². The van der Waals surface area contributed by atoms with Crippen LogP contribution in [0, 0.1) is 19.9 Å². The van der Waals surface area contributed by atoms with Gasteiger partial charge in [0, 0.05) is 12.1 Å². The standard InChI is InChI=1S/C29H32O3S/c1-4-29(17-11-12-18-29)32-27(30)21-31-28-22(2)19-26(20-23(28)3)33(24-13-7-5-8-14-24)25-15-9-6-10-16-25/h5,7-10,13-16,19-20H,4,11-12,17-18,21H2,1-3H3. The molecule has 0 heterocycles. The van der Waals surface area contributed by atoms with Crippen molar-refractivity contribution in [2.45, 2.75) is 73.2 Å². The Morgan fingerprint density at radius 1 is 0.939 bits per heavy atom. The van der Waals surface area contributed by atoms with E-state index in [4.69, 9.17) is 9.47 Å². The lowest BCUT2D eigenvalue weighted by Crippen LogP contribution is -2.33. The monoisotopic (exact) mass is 460 g/mol. The van der Waals surface area contributed by atoms with Crippen LogP contribution in [-0.2, 0) is 20.4 Å². The Hall–Kier alpha value is -2.72. The van der Waals surface area contributed by atoms with E-state index in [1.807, 2.05) is 32.0 Å². The molecule has 3 aromatic carbocycles. The van der Waals surface area contributed by atoms with Gasteiger partial charge in [-0.2, -0.15) is 18.2 Å². The second-order valence-electron chi connectivity index (χ2n) is 8.75. The first-order chi connectivity index (χ1) is 16.0. The molecule has 0 N–H and O–H groups in total. The van der Waals surface area contributed by atoms with Crippen LogP contribution < -0.4 is 4.74 Å². The molecular formula is C29H32O3S. The number of aryl methyl sites for hydroxylation is 2. The highest BCUT2D eigenvalue weighted by Gasteiger charge is 2.36. The van der Waals surface area contributed by atoms with Gasteiger partial charge in [-0.3, -0.25) is 0 Å². The first-order valence-electron chi connectivity index (χ1n) is 11.7. The van der Waals surface area contributed by atoms with Crippen LogP contribution in [0.1, 0.15) is 50.2 Å². The number of esters is 1. The minimum absolute atomic E-state index is 0.0539. The van der Waals surface area contributed by atoms with Gasteiger partial charge in [0.05, 0.1) is 15.8 Å². The zero-order chi connectivity index (χ0) is 23.3. The molecule has 0 aromatic heterocycles. The summed E-state index contributed by atoms with van der Waals surface area (Å²) in [7, 11) is -0.234. The third kappa shape index (κ3) is 5.44. The Kier molecular flexibility index (Phi) is 7.44. The maximum absolute atomic E-state index is 12.6. The maximum Gasteiger partial charge on any atom is 0.344 e. The van der Waals surface area contributed by atoms with E-state index in [2.05, 4.69) is 61.5 Å². The number of carbonyl (C=O) groups is 1. The van der Waals surface area contributed by atoms with E-state index in [-0.39, 0.29) is 29.1 Å². The van der Waals surface area contributed by atoms with Crippen LogP contribution in [0.15, 0.2) is 81.4 Å². The van der Waals surface area contributed by atoms with E-state index in [0.717, 1.165) is 49.0 Å². The van der Waals surface area contributed by atoms with Crippen molar-refractivity contribution in [3.05, 3.63) is 83.9 Å². The molecule has 1 unspecified atom stereocenters. The van der Waals surface area contributed by atoms with Crippen molar-refractivity contribution in [3.8, 4) is 5.75 Å². The molecule has 1 aliphatic carbocycles. The summed E-state index contributed by atoms with van der Waals surface area (Å²) in [6.45, 7) is 6.14. The van der Waals surface area contributed by atoms with Crippen LogP contribution in [-0.4, -0.2) is 18.2 Å². The van der Waals surface area contributed by atoms with Crippen molar-refractivity contribution in [3.63, 3.8) is 0 Å². The van der Waals surface area contributed by atoms with Gasteiger partial charge in [0.1, 0.15) is 11.4 Å². The van der Waals surface area contributed by atoms with Crippen LogP contribution in [0.2, 0.25) is 0 Å². The summed E-state index contributed by atoms with van der Waals surface area (Å²) < 4.78 is 11.9. The zero-order valence-electron chi connectivity index (χ0n) is 19.7. The van der Waals surface area contributed by atoms with E-state index in [0.29, 0.717) is 0 Å². The second kappa shape index (κ2) is 10.5. The third-order valence-corrected chi connectivity index (χ3v) is 8.59. The minimum Gasteiger partial charge on any atom is -0.481 e. The van der Waals surface area contributed by atoms with Gasteiger partial charge in [0.15, 0.2) is 16.4 Å². The van der Waals surface area contributed by atoms with E-state index in [9.17, 15) is 4.79 Å². The first kappa shape index (κ1) is 23.4. The van der Waals surface area contributed by atoms with Gasteiger partial charge in [0.25, 0.3) is 0 Å². The molecule has 4 heteroatoms. The van der Waals surface area contributed by atoms with E-state index in [1.165, 1.54) is 14.7 Å². The topological polar surface area (TPSA) is 35.5 Å². The van der Waals surface area contributed by atoms with Gasteiger partial charge in [-0.1, -0.05) is 25.1 Å². The summed E-state index contributed by atoms with van der Waals surface area (Å²) in [5.41, 5.74) is 1.77. The molecule has 4 rings (SSSR count). The molecule has 33 heavy (non-hydrogen) atoms. The lowest BCUT2D eigenvalue weighted by molar-refractivity contribution is -0.162. The van der Waals surface area contributed by atoms with Gasteiger partial charge in [0.2, 0.25) is 0 Å². The zero-order valence-corrected chi connectivity index (χ0v) is 20.5. The van der Waals surface area contributed by atoms with Crippen molar-refractivity contribution in [2.24, 2.45) is 0 Å². The van der Waals surface area contributed by atoms with Crippen molar-refractivity contribution < 1.29 is 14.3 Å². The molecule has 3 nitrogen and oxygen atoms in total. The normalized spacial score (nSPS) is 15.7. The Morgan fingerprint density at radius 2 is 1.55 bits per heavy atom. The van der Waals surface area contributed by atoms with Crippen molar-refractivity contribution >= 4 is 16.9 Å². The maximum atomic E-state index is 12.6. The quantitative estimate of drug-likeness (QED) is 0.210. The molecule has 0 saturated heterocycles. The molecule has 172 valence electrons. The Bertz CT molecular complexity index is 1010. The predicted molar refractivity (Wildman–Crippen MR) is 133 cm³/mol. The summed E-state index contributed by atoms with van der Waals surface area (Å²) >= 11 is 0. The summed E-state index contributed by atoms with van der Waals surface area (Å²) in [6.07, 6.45) is 5.04. The van der Waals surface area contributed by atoms with Crippen LogP contribution in [0.4, 0.5) is 0 Å². The number of carbonyl (C=O) groups excluding carboxylic acids is 1. The number of hydrogen-bond acceptors (Lipinski definition) is 3. The number of hydrogen-bond donors (Lipinski definition) is 0. The highest BCUT2D eigenvalue weighted by atomic mass is 32.2. The van der Waals surface area contributed by atoms with E-state index in [1.54, 1.807) is 0 Å². The van der Waals surface area contributed by atoms with Crippen LogP contribution in [0.5, 0.6) is 5.75 Å². The van der Waals surface area contributed by atoms with E-state index < -0.39 is 0 Å². The molecule has 0 radical (unpaired) electrons.